The zero-order chi connectivity index (χ0) is 18.8. The Labute approximate surface area is 150 Å². The number of ether oxygens (including phenoxy) is 1. The second-order valence-corrected chi connectivity index (χ2v) is 6.13. The standard InChI is InChI=1S/C19H18N2O5/c1-12-11-14(7-8-16(12)21(24)25)18(22)20-10-9-13-5-3-4-6-15(13)17(20)19(23)26-2/h3-8,11,17H,9-10H2,1-2H3/t17-/m1/s1. The van der Waals surface area contributed by atoms with Gasteiger partial charge in [-0.2, -0.15) is 0 Å². The summed E-state index contributed by atoms with van der Waals surface area (Å²) in [5.41, 5.74) is 2.41. The minimum Gasteiger partial charge on any atom is -0.467 e. The Kier molecular flexibility index (Phi) is 4.71. The fraction of sp³-hybridized carbons (Fsp3) is 0.263. The van der Waals surface area contributed by atoms with Gasteiger partial charge in [-0.15, -0.1) is 0 Å². The lowest BCUT2D eigenvalue weighted by atomic mass is 9.92. The molecule has 1 aliphatic rings. The summed E-state index contributed by atoms with van der Waals surface area (Å²) in [7, 11) is 1.29. The van der Waals surface area contributed by atoms with E-state index in [1.807, 2.05) is 24.3 Å². The maximum absolute atomic E-state index is 13.0. The van der Waals surface area contributed by atoms with Gasteiger partial charge in [0.05, 0.1) is 12.0 Å². The molecule has 0 radical (unpaired) electrons. The van der Waals surface area contributed by atoms with Crippen LogP contribution in [0.2, 0.25) is 0 Å². The Morgan fingerprint density at radius 1 is 1.23 bits per heavy atom. The van der Waals surface area contributed by atoms with Gasteiger partial charge in [0, 0.05) is 23.7 Å². The number of nitro benzene ring substituents is 1. The molecule has 134 valence electrons. The second kappa shape index (κ2) is 6.95. The highest BCUT2D eigenvalue weighted by Gasteiger charge is 2.37. The summed E-state index contributed by atoms with van der Waals surface area (Å²) in [6, 6.07) is 10.8. The quantitative estimate of drug-likeness (QED) is 0.480. The minimum atomic E-state index is -0.826. The van der Waals surface area contributed by atoms with Crippen LogP contribution in [0.4, 0.5) is 5.69 Å². The van der Waals surface area contributed by atoms with Crippen molar-refractivity contribution in [1.82, 2.24) is 4.90 Å². The average molecular weight is 354 g/mol. The maximum Gasteiger partial charge on any atom is 0.333 e. The predicted octanol–water partition coefficient (Wildman–Crippen LogP) is 2.82. The number of nitro groups is 1. The van der Waals surface area contributed by atoms with Crippen molar-refractivity contribution < 1.29 is 19.2 Å². The molecule has 0 unspecified atom stereocenters. The Morgan fingerprint density at radius 2 is 1.96 bits per heavy atom. The van der Waals surface area contributed by atoms with Crippen molar-refractivity contribution >= 4 is 17.6 Å². The Morgan fingerprint density at radius 3 is 2.62 bits per heavy atom. The van der Waals surface area contributed by atoms with Crippen molar-refractivity contribution in [2.45, 2.75) is 19.4 Å². The first kappa shape index (κ1) is 17.6. The third kappa shape index (κ3) is 3.03. The first-order valence-corrected chi connectivity index (χ1v) is 8.15. The number of rotatable bonds is 3. The van der Waals surface area contributed by atoms with Crippen LogP contribution in [-0.2, 0) is 16.0 Å². The highest BCUT2D eigenvalue weighted by Crippen LogP contribution is 2.32. The molecule has 1 aliphatic heterocycles. The summed E-state index contributed by atoms with van der Waals surface area (Å²) in [4.78, 5) is 37.4. The number of aryl methyl sites for hydroxylation is 1. The number of carbonyl (C=O) groups excluding carboxylic acids is 2. The van der Waals surface area contributed by atoms with E-state index in [2.05, 4.69) is 0 Å². The molecule has 0 aromatic heterocycles. The number of hydrogen-bond donors (Lipinski definition) is 0. The monoisotopic (exact) mass is 354 g/mol. The molecule has 1 heterocycles. The number of esters is 1. The molecule has 26 heavy (non-hydrogen) atoms. The smallest absolute Gasteiger partial charge is 0.333 e. The van der Waals surface area contributed by atoms with Gasteiger partial charge in [-0.1, -0.05) is 24.3 Å². The van der Waals surface area contributed by atoms with Gasteiger partial charge < -0.3 is 9.64 Å². The summed E-state index contributed by atoms with van der Waals surface area (Å²) in [6.45, 7) is 1.95. The lowest BCUT2D eigenvalue weighted by molar-refractivity contribution is -0.385. The maximum atomic E-state index is 13.0. The Balaban J connectivity index is 1.99. The third-order valence-corrected chi connectivity index (χ3v) is 4.61. The summed E-state index contributed by atoms with van der Waals surface area (Å²) in [5.74, 6) is -0.864. The lowest BCUT2D eigenvalue weighted by Gasteiger charge is -2.35. The molecule has 0 spiro atoms. The van der Waals surface area contributed by atoms with Gasteiger partial charge in [0.2, 0.25) is 0 Å². The van der Waals surface area contributed by atoms with Crippen molar-refractivity contribution in [2.24, 2.45) is 0 Å². The van der Waals surface area contributed by atoms with E-state index in [1.165, 1.54) is 30.2 Å². The van der Waals surface area contributed by atoms with Crippen LogP contribution in [0.15, 0.2) is 42.5 Å². The Bertz CT molecular complexity index is 893. The van der Waals surface area contributed by atoms with E-state index in [9.17, 15) is 19.7 Å². The number of hydrogen-bond acceptors (Lipinski definition) is 5. The molecule has 1 atom stereocenters. The number of amides is 1. The largest absolute Gasteiger partial charge is 0.467 e. The molecule has 0 aliphatic carbocycles. The van der Waals surface area contributed by atoms with Gasteiger partial charge >= 0.3 is 5.97 Å². The number of carbonyl (C=O) groups is 2. The van der Waals surface area contributed by atoms with Crippen molar-refractivity contribution in [2.75, 3.05) is 13.7 Å². The van der Waals surface area contributed by atoms with Crippen LogP contribution in [-0.4, -0.2) is 35.4 Å². The van der Waals surface area contributed by atoms with Gasteiger partial charge in [-0.3, -0.25) is 14.9 Å². The van der Waals surface area contributed by atoms with E-state index in [-0.39, 0.29) is 11.6 Å². The van der Waals surface area contributed by atoms with Crippen LogP contribution in [0.1, 0.15) is 33.1 Å². The molecule has 2 aromatic carbocycles. The van der Waals surface area contributed by atoms with Crippen molar-refractivity contribution in [3.63, 3.8) is 0 Å². The SMILES string of the molecule is COC(=O)[C@H]1c2ccccc2CCN1C(=O)c1ccc([N+](=O)[O-])c(C)c1. The highest BCUT2D eigenvalue weighted by molar-refractivity contribution is 5.98. The molecule has 2 aromatic rings. The molecule has 3 rings (SSSR count). The summed E-state index contributed by atoms with van der Waals surface area (Å²) in [5, 5.41) is 11.0. The molecule has 0 fully saturated rings. The average Bonchev–Trinajstić information content (AvgIpc) is 2.65. The van der Waals surface area contributed by atoms with Crippen LogP contribution in [0.3, 0.4) is 0 Å². The fourth-order valence-corrected chi connectivity index (χ4v) is 3.31. The predicted molar refractivity (Wildman–Crippen MR) is 93.8 cm³/mol. The van der Waals surface area contributed by atoms with Crippen LogP contribution >= 0.6 is 0 Å². The molecule has 1 amide bonds. The van der Waals surface area contributed by atoms with E-state index in [0.29, 0.717) is 24.1 Å². The zero-order valence-electron chi connectivity index (χ0n) is 14.5. The van der Waals surface area contributed by atoms with E-state index in [0.717, 1.165) is 11.1 Å². The van der Waals surface area contributed by atoms with Gasteiger partial charge in [0.25, 0.3) is 11.6 Å². The number of benzene rings is 2. The summed E-state index contributed by atoms with van der Waals surface area (Å²) in [6.07, 6.45) is 0.626. The first-order chi connectivity index (χ1) is 12.4. The number of fused-ring (bicyclic) bond motifs is 1. The normalized spacial score (nSPS) is 15.9. The van der Waals surface area contributed by atoms with Crippen LogP contribution in [0.25, 0.3) is 0 Å². The zero-order valence-corrected chi connectivity index (χ0v) is 14.5. The number of nitrogens with zero attached hydrogens (tertiary/aromatic N) is 2. The van der Waals surface area contributed by atoms with E-state index in [4.69, 9.17) is 4.74 Å². The molecule has 7 nitrogen and oxygen atoms in total. The second-order valence-electron chi connectivity index (χ2n) is 6.13. The first-order valence-electron chi connectivity index (χ1n) is 8.15. The van der Waals surface area contributed by atoms with E-state index >= 15 is 0 Å². The van der Waals surface area contributed by atoms with E-state index < -0.39 is 16.9 Å². The van der Waals surface area contributed by atoms with Crippen molar-refractivity contribution in [3.8, 4) is 0 Å². The molecule has 0 saturated heterocycles. The third-order valence-electron chi connectivity index (χ3n) is 4.61. The van der Waals surface area contributed by atoms with Crippen molar-refractivity contribution in [3.05, 3.63) is 74.8 Å². The summed E-state index contributed by atoms with van der Waals surface area (Å²) < 4.78 is 4.91. The molecule has 0 bridgehead atoms. The highest BCUT2D eigenvalue weighted by atomic mass is 16.6. The summed E-state index contributed by atoms with van der Waals surface area (Å²) >= 11 is 0. The topological polar surface area (TPSA) is 89.8 Å². The Hall–Kier alpha value is -3.22. The van der Waals surface area contributed by atoms with Gasteiger partial charge in [0.15, 0.2) is 6.04 Å². The van der Waals surface area contributed by atoms with Crippen LogP contribution < -0.4 is 0 Å². The fourth-order valence-electron chi connectivity index (χ4n) is 3.31. The lowest BCUT2D eigenvalue weighted by Crippen LogP contribution is -2.44. The van der Waals surface area contributed by atoms with Crippen LogP contribution in [0.5, 0.6) is 0 Å². The van der Waals surface area contributed by atoms with E-state index in [1.54, 1.807) is 6.92 Å². The van der Waals surface area contributed by atoms with Crippen LogP contribution in [0, 0.1) is 17.0 Å². The molecular formula is C19H18N2O5. The molecule has 0 N–H and O–H groups in total. The minimum absolute atomic E-state index is 0.0462. The van der Waals surface area contributed by atoms with Gasteiger partial charge in [-0.05, 0) is 36.6 Å². The van der Waals surface area contributed by atoms with Crippen molar-refractivity contribution in [1.29, 1.82) is 0 Å². The molecule has 0 saturated carbocycles. The van der Waals surface area contributed by atoms with Gasteiger partial charge in [0.1, 0.15) is 0 Å². The van der Waals surface area contributed by atoms with Gasteiger partial charge in [-0.25, -0.2) is 4.79 Å². The molecule has 7 heteroatoms. The number of methoxy groups -OCH3 is 1. The molecular weight excluding hydrogens is 336 g/mol.